The Morgan fingerprint density at radius 2 is 1.35 bits per heavy atom. The zero-order chi connectivity index (χ0) is 17.5. The second-order valence-electron chi connectivity index (χ2n) is 5.92. The lowest BCUT2D eigenvalue weighted by atomic mass is 9.97. The SMILES string of the molecule is Cl.O=[N+]([O-])c1ccccc1C(Cc1ccccc1)NCc1ccccc1. The van der Waals surface area contributed by atoms with Crippen LogP contribution in [0.1, 0.15) is 22.7 Å². The monoisotopic (exact) mass is 368 g/mol. The minimum atomic E-state index is -0.308. The van der Waals surface area contributed by atoms with Crippen LogP contribution < -0.4 is 5.32 Å². The van der Waals surface area contributed by atoms with Gasteiger partial charge in [0, 0.05) is 24.2 Å². The van der Waals surface area contributed by atoms with Crippen LogP contribution in [-0.2, 0) is 13.0 Å². The summed E-state index contributed by atoms with van der Waals surface area (Å²) in [4.78, 5) is 11.1. The maximum atomic E-state index is 11.4. The van der Waals surface area contributed by atoms with Gasteiger partial charge >= 0.3 is 0 Å². The van der Waals surface area contributed by atoms with Crippen LogP contribution in [0.15, 0.2) is 84.9 Å². The van der Waals surface area contributed by atoms with Gasteiger partial charge in [-0.05, 0) is 17.5 Å². The molecule has 0 saturated carbocycles. The number of hydrogen-bond donors (Lipinski definition) is 1. The van der Waals surface area contributed by atoms with Gasteiger partial charge in [-0.25, -0.2) is 0 Å². The minimum absolute atomic E-state index is 0. The number of hydrogen-bond acceptors (Lipinski definition) is 3. The van der Waals surface area contributed by atoms with Crippen LogP contribution in [0.3, 0.4) is 0 Å². The van der Waals surface area contributed by atoms with Crippen molar-refractivity contribution in [2.45, 2.75) is 19.0 Å². The Hall–Kier alpha value is -2.69. The molecule has 0 fully saturated rings. The van der Waals surface area contributed by atoms with E-state index in [2.05, 4.69) is 5.32 Å². The standard InChI is InChI=1S/C21H20N2O2.ClH/c24-23(25)21-14-8-7-13-19(21)20(15-17-9-3-1-4-10-17)22-16-18-11-5-2-6-12-18;/h1-14,20,22H,15-16H2;1H. The van der Waals surface area contributed by atoms with Crippen molar-refractivity contribution in [2.75, 3.05) is 0 Å². The molecule has 1 atom stereocenters. The largest absolute Gasteiger partial charge is 0.305 e. The lowest BCUT2D eigenvalue weighted by molar-refractivity contribution is -0.385. The molecule has 3 aromatic rings. The predicted molar refractivity (Wildman–Crippen MR) is 107 cm³/mol. The summed E-state index contributed by atoms with van der Waals surface area (Å²) in [5.41, 5.74) is 3.17. The molecule has 3 aromatic carbocycles. The highest BCUT2D eigenvalue weighted by Gasteiger charge is 2.21. The third kappa shape index (κ3) is 5.15. The molecule has 0 heterocycles. The van der Waals surface area contributed by atoms with Gasteiger partial charge in [-0.3, -0.25) is 10.1 Å². The summed E-state index contributed by atoms with van der Waals surface area (Å²) >= 11 is 0. The normalized spacial score (nSPS) is 11.4. The first kappa shape index (κ1) is 19.6. The van der Waals surface area contributed by atoms with Gasteiger partial charge in [0.25, 0.3) is 5.69 Å². The average Bonchev–Trinajstić information content (AvgIpc) is 2.67. The van der Waals surface area contributed by atoms with E-state index in [0.29, 0.717) is 18.5 Å². The highest BCUT2D eigenvalue weighted by Crippen LogP contribution is 2.27. The van der Waals surface area contributed by atoms with E-state index in [4.69, 9.17) is 0 Å². The highest BCUT2D eigenvalue weighted by molar-refractivity contribution is 5.85. The summed E-state index contributed by atoms with van der Waals surface area (Å²) in [6, 6.07) is 26.9. The Morgan fingerprint density at radius 1 is 0.808 bits per heavy atom. The first-order valence-corrected chi connectivity index (χ1v) is 8.28. The molecule has 1 unspecified atom stereocenters. The lowest BCUT2D eigenvalue weighted by Gasteiger charge is -2.19. The first-order valence-electron chi connectivity index (χ1n) is 8.28. The number of nitro benzene ring substituents is 1. The zero-order valence-electron chi connectivity index (χ0n) is 14.2. The van der Waals surface area contributed by atoms with Crippen LogP contribution in [-0.4, -0.2) is 4.92 Å². The zero-order valence-corrected chi connectivity index (χ0v) is 15.1. The van der Waals surface area contributed by atoms with Gasteiger partial charge in [-0.1, -0.05) is 78.9 Å². The highest BCUT2D eigenvalue weighted by atomic mass is 35.5. The van der Waals surface area contributed by atoms with Crippen molar-refractivity contribution in [2.24, 2.45) is 0 Å². The van der Waals surface area contributed by atoms with Crippen molar-refractivity contribution < 1.29 is 4.92 Å². The van der Waals surface area contributed by atoms with Crippen molar-refractivity contribution >= 4 is 18.1 Å². The summed E-state index contributed by atoms with van der Waals surface area (Å²) in [5, 5.41) is 14.9. The Kier molecular flexibility index (Phi) is 7.33. The fourth-order valence-electron chi connectivity index (χ4n) is 2.93. The maximum Gasteiger partial charge on any atom is 0.274 e. The van der Waals surface area contributed by atoms with Gasteiger partial charge in [-0.2, -0.15) is 0 Å². The Morgan fingerprint density at radius 3 is 1.96 bits per heavy atom. The first-order chi connectivity index (χ1) is 12.2. The van der Waals surface area contributed by atoms with E-state index in [9.17, 15) is 10.1 Å². The van der Waals surface area contributed by atoms with Crippen molar-refractivity contribution in [3.63, 3.8) is 0 Å². The van der Waals surface area contributed by atoms with E-state index in [1.165, 1.54) is 0 Å². The number of nitrogens with one attached hydrogen (secondary N) is 1. The molecular weight excluding hydrogens is 348 g/mol. The molecule has 3 rings (SSSR count). The van der Waals surface area contributed by atoms with Crippen molar-refractivity contribution in [1.82, 2.24) is 5.32 Å². The summed E-state index contributed by atoms with van der Waals surface area (Å²) < 4.78 is 0. The third-order valence-electron chi connectivity index (χ3n) is 4.19. The molecule has 0 amide bonds. The number of nitrogens with zero attached hydrogens (tertiary/aromatic N) is 1. The topological polar surface area (TPSA) is 55.2 Å². The van der Waals surface area contributed by atoms with E-state index < -0.39 is 0 Å². The maximum absolute atomic E-state index is 11.4. The van der Waals surface area contributed by atoms with E-state index in [1.807, 2.05) is 72.8 Å². The molecule has 0 aliphatic carbocycles. The van der Waals surface area contributed by atoms with Crippen LogP contribution in [0.5, 0.6) is 0 Å². The van der Waals surface area contributed by atoms with Gasteiger partial charge in [0.05, 0.1) is 4.92 Å². The van der Waals surface area contributed by atoms with Crippen LogP contribution in [0.25, 0.3) is 0 Å². The van der Waals surface area contributed by atoms with E-state index >= 15 is 0 Å². The quantitative estimate of drug-likeness (QED) is 0.466. The molecule has 1 N–H and O–H groups in total. The number of nitro groups is 1. The molecule has 0 aliphatic heterocycles. The van der Waals surface area contributed by atoms with Crippen molar-refractivity contribution in [3.05, 3.63) is 112 Å². The number of para-hydroxylation sites is 1. The lowest BCUT2D eigenvalue weighted by Crippen LogP contribution is -2.23. The number of benzene rings is 3. The van der Waals surface area contributed by atoms with E-state index in [1.54, 1.807) is 12.1 Å². The Bertz CT molecular complexity index is 826. The molecular formula is C21H21ClN2O2. The third-order valence-corrected chi connectivity index (χ3v) is 4.19. The van der Waals surface area contributed by atoms with Gasteiger partial charge in [0.15, 0.2) is 0 Å². The summed E-state index contributed by atoms with van der Waals surface area (Å²) in [6.07, 6.45) is 0.693. The summed E-state index contributed by atoms with van der Waals surface area (Å²) in [5.74, 6) is 0. The van der Waals surface area contributed by atoms with Crippen molar-refractivity contribution in [1.29, 1.82) is 0 Å². The fourth-order valence-corrected chi connectivity index (χ4v) is 2.93. The molecule has 134 valence electrons. The fraction of sp³-hybridized carbons (Fsp3) is 0.143. The van der Waals surface area contributed by atoms with Gasteiger partial charge in [0.2, 0.25) is 0 Å². The van der Waals surface area contributed by atoms with E-state index in [0.717, 1.165) is 11.1 Å². The van der Waals surface area contributed by atoms with Crippen LogP contribution in [0.4, 0.5) is 5.69 Å². The second kappa shape index (κ2) is 9.70. The summed E-state index contributed by atoms with van der Waals surface area (Å²) in [7, 11) is 0. The number of rotatable bonds is 7. The Labute approximate surface area is 159 Å². The molecule has 0 saturated heterocycles. The molecule has 0 aliphatic rings. The molecule has 4 nitrogen and oxygen atoms in total. The van der Waals surface area contributed by atoms with Crippen LogP contribution >= 0.6 is 12.4 Å². The molecule has 0 spiro atoms. The summed E-state index contributed by atoms with van der Waals surface area (Å²) in [6.45, 7) is 0.657. The van der Waals surface area contributed by atoms with E-state index in [-0.39, 0.29) is 29.1 Å². The Balaban J connectivity index is 0.00000243. The smallest absolute Gasteiger partial charge is 0.274 e. The average molecular weight is 369 g/mol. The van der Waals surface area contributed by atoms with Crippen LogP contribution in [0.2, 0.25) is 0 Å². The predicted octanol–water partition coefficient (Wildman–Crippen LogP) is 5.09. The second-order valence-corrected chi connectivity index (χ2v) is 5.92. The minimum Gasteiger partial charge on any atom is -0.305 e. The molecule has 0 radical (unpaired) electrons. The number of halogens is 1. The van der Waals surface area contributed by atoms with Gasteiger partial charge < -0.3 is 5.32 Å². The van der Waals surface area contributed by atoms with Crippen LogP contribution in [0, 0.1) is 10.1 Å². The van der Waals surface area contributed by atoms with Gasteiger partial charge in [-0.15, -0.1) is 12.4 Å². The van der Waals surface area contributed by atoms with Crippen molar-refractivity contribution in [3.8, 4) is 0 Å². The molecule has 26 heavy (non-hydrogen) atoms. The molecule has 0 bridgehead atoms. The van der Waals surface area contributed by atoms with Gasteiger partial charge in [0.1, 0.15) is 0 Å². The molecule has 0 aromatic heterocycles. The molecule has 5 heteroatoms.